The molecule has 0 radical (unpaired) electrons. The minimum atomic E-state index is 0.860. The molecule has 3 heteroatoms. The molecule has 1 aromatic heterocycles. The van der Waals surface area contributed by atoms with Crippen LogP contribution >= 0.6 is 0 Å². The molecule has 2 heterocycles. The van der Waals surface area contributed by atoms with Crippen LogP contribution in [0, 0.1) is 5.92 Å². The van der Waals surface area contributed by atoms with Crippen LogP contribution in [0.3, 0.4) is 0 Å². The Morgan fingerprint density at radius 3 is 3.29 bits per heavy atom. The average molecular weight is 191 g/mol. The zero-order valence-corrected chi connectivity index (χ0v) is 8.37. The Labute approximate surface area is 84.9 Å². The summed E-state index contributed by atoms with van der Waals surface area (Å²) in [4.78, 5) is 4.06. The number of hydrogen-bond acceptors (Lipinski definition) is 3. The molecule has 1 aliphatic heterocycles. The molecule has 1 saturated heterocycles. The molecule has 76 valence electrons. The highest BCUT2D eigenvalue weighted by Gasteiger charge is 2.13. The number of aromatic nitrogens is 1. The Bertz CT molecular complexity index is 254. The van der Waals surface area contributed by atoms with Crippen molar-refractivity contribution in [1.82, 2.24) is 10.3 Å². The Hall–Kier alpha value is -1.09. The summed E-state index contributed by atoms with van der Waals surface area (Å²) in [6.45, 7) is 3.43. The second kappa shape index (κ2) is 4.96. The van der Waals surface area contributed by atoms with E-state index < -0.39 is 0 Å². The molecule has 14 heavy (non-hydrogen) atoms. The summed E-state index contributed by atoms with van der Waals surface area (Å²) in [6.07, 6.45) is 6.25. The van der Waals surface area contributed by atoms with Gasteiger partial charge in [0.25, 0.3) is 0 Å². The Kier molecular flexibility index (Phi) is 3.35. The molecule has 0 aliphatic carbocycles. The molecule has 1 aliphatic rings. The molecule has 1 atom stereocenters. The fourth-order valence-corrected chi connectivity index (χ4v) is 1.85. The van der Waals surface area contributed by atoms with Crippen LogP contribution in [0.2, 0.25) is 0 Å². The molecule has 2 N–H and O–H groups in total. The van der Waals surface area contributed by atoms with Crippen molar-refractivity contribution < 1.29 is 0 Å². The van der Waals surface area contributed by atoms with Gasteiger partial charge in [-0.25, -0.2) is 0 Å². The quantitative estimate of drug-likeness (QED) is 0.757. The van der Waals surface area contributed by atoms with Gasteiger partial charge in [-0.2, -0.15) is 0 Å². The average Bonchev–Trinajstić information content (AvgIpc) is 2.72. The number of pyridine rings is 1. The van der Waals surface area contributed by atoms with Crippen LogP contribution in [0.5, 0.6) is 0 Å². The predicted molar refractivity (Wildman–Crippen MR) is 58.3 cm³/mol. The minimum Gasteiger partial charge on any atom is -0.384 e. The summed E-state index contributed by atoms with van der Waals surface area (Å²) in [7, 11) is 0. The first-order valence-corrected chi connectivity index (χ1v) is 5.30. The summed E-state index contributed by atoms with van der Waals surface area (Å²) < 4.78 is 0. The number of nitrogens with zero attached hydrogens (tertiary/aromatic N) is 1. The van der Waals surface area contributed by atoms with E-state index in [1.807, 2.05) is 12.3 Å². The van der Waals surface area contributed by atoms with Crippen molar-refractivity contribution in [1.29, 1.82) is 0 Å². The van der Waals surface area contributed by atoms with Gasteiger partial charge < -0.3 is 10.6 Å². The molecule has 0 spiro atoms. The maximum absolute atomic E-state index is 4.06. The molecule has 2 rings (SSSR count). The summed E-state index contributed by atoms with van der Waals surface area (Å²) in [5.74, 6) is 0.860. The second-order valence-electron chi connectivity index (χ2n) is 3.82. The highest BCUT2D eigenvalue weighted by molar-refractivity contribution is 5.39. The maximum Gasteiger partial charge on any atom is 0.0526 e. The minimum absolute atomic E-state index is 0.860. The monoisotopic (exact) mass is 191 g/mol. The molecule has 3 nitrogen and oxygen atoms in total. The number of nitrogens with one attached hydrogen (secondary N) is 2. The third-order valence-electron chi connectivity index (χ3n) is 2.71. The fourth-order valence-electron chi connectivity index (χ4n) is 1.85. The standard InChI is InChI=1S/C11H17N3/c1-2-11(9-12-5-1)14-7-4-10-3-6-13-8-10/h1-2,5,9-10,13-14H,3-4,6-8H2. The van der Waals surface area contributed by atoms with Gasteiger partial charge in [-0.3, -0.25) is 4.98 Å². The lowest BCUT2D eigenvalue weighted by atomic mass is 10.1. The van der Waals surface area contributed by atoms with Crippen molar-refractivity contribution in [2.24, 2.45) is 5.92 Å². The van der Waals surface area contributed by atoms with Crippen LogP contribution in [0.25, 0.3) is 0 Å². The molecular formula is C11H17N3. The third kappa shape index (κ3) is 2.70. The Balaban J connectivity index is 1.67. The lowest BCUT2D eigenvalue weighted by molar-refractivity contribution is 0.549. The first-order valence-electron chi connectivity index (χ1n) is 5.30. The van der Waals surface area contributed by atoms with E-state index in [4.69, 9.17) is 0 Å². The van der Waals surface area contributed by atoms with Crippen LogP contribution in [0.15, 0.2) is 24.5 Å². The second-order valence-corrected chi connectivity index (χ2v) is 3.82. The maximum atomic E-state index is 4.06. The van der Waals surface area contributed by atoms with Gasteiger partial charge in [0.15, 0.2) is 0 Å². The van der Waals surface area contributed by atoms with Gasteiger partial charge in [0, 0.05) is 18.9 Å². The lowest BCUT2D eigenvalue weighted by Crippen LogP contribution is -2.12. The highest BCUT2D eigenvalue weighted by atomic mass is 14.9. The predicted octanol–water partition coefficient (Wildman–Crippen LogP) is 1.49. The van der Waals surface area contributed by atoms with Crippen molar-refractivity contribution >= 4 is 5.69 Å². The molecule has 0 saturated carbocycles. The van der Waals surface area contributed by atoms with Crippen molar-refractivity contribution in [2.45, 2.75) is 12.8 Å². The number of anilines is 1. The van der Waals surface area contributed by atoms with E-state index >= 15 is 0 Å². The number of hydrogen-bond donors (Lipinski definition) is 2. The summed E-state index contributed by atoms with van der Waals surface area (Å²) >= 11 is 0. The summed E-state index contributed by atoms with van der Waals surface area (Å²) in [5.41, 5.74) is 1.12. The van der Waals surface area contributed by atoms with E-state index in [-0.39, 0.29) is 0 Å². The summed E-state index contributed by atoms with van der Waals surface area (Å²) in [6, 6.07) is 4.01. The molecule has 0 bridgehead atoms. The first kappa shape index (κ1) is 9.46. The van der Waals surface area contributed by atoms with Crippen LogP contribution in [-0.2, 0) is 0 Å². The van der Waals surface area contributed by atoms with E-state index in [0.717, 1.165) is 18.2 Å². The molecule has 0 aromatic carbocycles. The van der Waals surface area contributed by atoms with Crippen molar-refractivity contribution in [2.75, 3.05) is 25.0 Å². The van der Waals surface area contributed by atoms with E-state index in [0.29, 0.717) is 0 Å². The molecule has 1 aromatic rings. The molecule has 1 unspecified atom stereocenters. The van der Waals surface area contributed by atoms with Crippen molar-refractivity contribution in [3.8, 4) is 0 Å². The summed E-state index contributed by atoms with van der Waals surface area (Å²) in [5, 5.41) is 6.76. The van der Waals surface area contributed by atoms with Gasteiger partial charge in [0.05, 0.1) is 5.69 Å². The first-order chi connectivity index (χ1) is 6.95. The normalized spacial score (nSPS) is 21.0. The zero-order chi connectivity index (χ0) is 9.64. The van der Waals surface area contributed by atoms with Crippen LogP contribution in [-0.4, -0.2) is 24.6 Å². The van der Waals surface area contributed by atoms with Gasteiger partial charge in [-0.05, 0) is 44.0 Å². The van der Waals surface area contributed by atoms with Gasteiger partial charge in [-0.15, -0.1) is 0 Å². The van der Waals surface area contributed by atoms with Gasteiger partial charge in [0.1, 0.15) is 0 Å². The highest BCUT2D eigenvalue weighted by Crippen LogP contribution is 2.12. The van der Waals surface area contributed by atoms with E-state index in [1.165, 1.54) is 25.9 Å². The third-order valence-corrected chi connectivity index (χ3v) is 2.71. The molecule has 0 amide bonds. The van der Waals surface area contributed by atoms with Crippen LogP contribution < -0.4 is 10.6 Å². The van der Waals surface area contributed by atoms with Gasteiger partial charge >= 0.3 is 0 Å². The van der Waals surface area contributed by atoms with Crippen molar-refractivity contribution in [3.05, 3.63) is 24.5 Å². The smallest absolute Gasteiger partial charge is 0.0526 e. The number of rotatable bonds is 4. The Morgan fingerprint density at radius 1 is 1.57 bits per heavy atom. The Morgan fingerprint density at radius 2 is 2.57 bits per heavy atom. The lowest BCUT2D eigenvalue weighted by Gasteiger charge is -2.09. The van der Waals surface area contributed by atoms with Crippen LogP contribution in [0.1, 0.15) is 12.8 Å². The largest absolute Gasteiger partial charge is 0.384 e. The van der Waals surface area contributed by atoms with E-state index in [9.17, 15) is 0 Å². The van der Waals surface area contributed by atoms with Gasteiger partial charge in [-0.1, -0.05) is 0 Å². The van der Waals surface area contributed by atoms with E-state index in [2.05, 4.69) is 21.7 Å². The molecular weight excluding hydrogens is 174 g/mol. The van der Waals surface area contributed by atoms with E-state index in [1.54, 1.807) is 6.20 Å². The fraction of sp³-hybridized carbons (Fsp3) is 0.545. The SMILES string of the molecule is c1cncc(NCCC2CCNC2)c1. The zero-order valence-electron chi connectivity index (χ0n) is 8.37. The van der Waals surface area contributed by atoms with Crippen molar-refractivity contribution in [3.63, 3.8) is 0 Å². The van der Waals surface area contributed by atoms with Gasteiger partial charge in [0.2, 0.25) is 0 Å². The molecule has 1 fully saturated rings. The van der Waals surface area contributed by atoms with Crippen LogP contribution in [0.4, 0.5) is 5.69 Å². The topological polar surface area (TPSA) is 37.0 Å².